The maximum atomic E-state index is 6.13. The molecule has 1 fully saturated rings. The molecule has 1 saturated heterocycles. The number of imidazole rings is 1. The molecule has 0 bridgehead atoms. The van der Waals surface area contributed by atoms with E-state index in [1.165, 1.54) is 25.7 Å². The summed E-state index contributed by atoms with van der Waals surface area (Å²) in [5, 5.41) is 3.49. The van der Waals surface area contributed by atoms with Crippen molar-refractivity contribution in [1.29, 1.82) is 0 Å². The monoisotopic (exact) mass is 390 g/mol. The molecule has 8 heteroatoms. The third-order valence-corrected chi connectivity index (χ3v) is 5.39. The first-order chi connectivity index (χ1) is 13.6. The number of hydrogen-bond acceptors (Lipinski definition) is 7. The SMILES string of the molecule is CCCC(C)Oc1nc(N)c2nc(OC)n(CCCCC3CCCNC3)c2n1. The molecule has 1 aliphatic heterocycles. The Morgan fingerprint density at radius 2 is 2.14 bits per heavy atom. The van der Waals surface area contributed by atoms with E-state index >= 15 is 0 Å². The summed E-state index contributed by atoms with van der Waals surface area (Å²) in [4.78, 5) is 13.3. The first kappa shape index (κ1) is 20.6. The molecule has 0 amide bonds. The van der Waals surface area contributed by atoms with Crippen molar-refractivity contribution < 1.29 is 9.47 Å². The van der Waals surface area contributed by atoms with Gasteiger partial charge in [-0.2, -0.15) is 15.0 Å². The smallest absolute Gasteiger partial charge is 0.320 e. The number of nitrogens with two attached hydrogens (primary N) is 1. The van der Waals surface area contributed by atoms with Crippen LogP contribution >= 0.6 is 0 Å². The molecule has 1 aliphatic rings. The lowest BCUT2D eigenvalue weighted by Crippen LogP contribution is -2.29. The molecular weight excluding hydrogens is 356 g/mol. The summed E-state index contributed by atoms with van der Waals surface area (Å²) < 4.78 is 13.3. The maximum absolute atomic E-state index is 6.13. The second kappa shape index (κ2) is 9.91. The van der Waals surface area contributed by atoms with Crippen LogP contribution in [0.15, 0.2) is 0 Å². The van der Waals surface area contributed by atoms with Crippen LogP contribution in [0, 0.1) is 5.92 Å². The van der Waals surface area contributed by atoms with Crippen LogP contribution in [0.5, 0.6) is 12.0 Å². The van der Waals surface area contributed by atoms with Crippen LogP contribution < -0.4 is 20.5 Å². The third kappa shape index (κ3) is 5.04. The Labute approximate surface area is 167 Å². The van der Waals surface area contributed by atoms with E-state index in [0.717, 1.165) is 44.8 Å². The van der Waals surface area contributed by atoms with Crippen LogP contribution in [0.4, 0.5) is 5.82 Å². The van der Waals surface area contributed by atoms with Gasteiger partial charge in [-0.05, 0) is 58.0 Å². The number of methoxy groups -OCH3 is 1. The van der Waals surface area contributed by atoms with E-state index in [2.05, 4.69) is 27.2 Å². The quantitative estimate of drug-likeness (QED) is 0.601. The molecule has 2 unspecified atom stereocenters. The van der Waals surface area contributed by atoms with E-state index in [1.807, 2.05) is 11.5 Å². The Kier molecular flexibility index (Phi) is 7.30. The zero-order chi connectivity index (χ0) is 19.9. The highest BCUT2D eigenvalue weighted by Crippen LogP contribution is 2.27. The lowest BCUT2D eigenvalue weighted by Gasteiger charge is -2.22. The van der Waals surface area contributed by atoms with E-state index in [-0.39, 0.29) is 6.10 Å². The largest absolute Gasteiger partial charge is 0.468 e. The van der Waals surface area contributed by atoms with Gasteiger partial charge >= 0.3 is 6.01 Å². The van der Waals surface area contributed by atoms with E-state index in [4.69, 9.17) is 15.2 Å². The minimum Gasteiger partial charge on any atom is -0.468 e. The van der Waals surface area contributed by atoms with Crippen molar-refractivity contribution >= 4 is 17.0 Å². The third-order valence-electron chi connectivity index (χ3n) is 5.39. The van der Waals surface area contributed by atoms with Gasteiger partial charge in [0.15, 0.2) is 17.0 Å². The lowest BCUT2D eigenvalue weighted by molar-refractivity contribution is 0.193. The number of unbranched alkanes of at least 4 members (excludes halogenated alkanes) is 1. The molecule has 2 aromatic rings. The van der Waals surface area contributed by atoms with Crippen molar-refractivity contribution in [3.8, 4) is 12.0 Å². The number of ether oxygens (including phenoxy) is 2. The summed E-state index contributed by atoms with van der Waals surface area (Å²) in [6.45, 7) is 7.25. The minimum absolute atomic E-state index is 0.0456. The number of aryl methyl sites for hydroxylation is 1. The number of fused-ring (bicyclic) bond motifs is 1. The van der Waals surface area contributed by atoms with E-state index in [9.17, 15) is 0 Å². The van der Waals surface area contributed by atoms with Gasteiger partial charge in [-0.1, -0.05) is 19.8 Å². The molecule has 0 aromatic carbocycles. The molecule has 0 spiro atoms. The molecule has 0 radical (unpaired) electrons. The number of hydrogen-bond donors (Lipinski definition) is 2. The number of aromatic nitrogens is 4. The fourth-order valence-corrected chi connectivity index (χ4v) is 3.91. The van der Waals surface area contributed by atoms with Crippen molar-refractivity contribution in [3.05, 3.63) is 0 Å². The van der Waals surface area contributed by atoms with Gasteiger partial charge in [0.05, 0.1) is 13.2 Å². The van der Waals surface area contributed by atoms with Gasteiger partial charge in [0.25, 0.3) is 6.01 Å². The first-order valence-electron chi connectivity index (χ1n) is 10.6. The summed E-state index contributed by atoms with van der Waals surface area (Å²) >= 11 is 0. The minimum atomic E-state index is 0.0456. The number of rotatable bonds is 10. The number of nitrogens with one attached hydrogen (secondary N) is 1. The highest BCUT2D eigenvalue weighted by Gasteiger charge is 2.19. The normalized spacial score (nSPS) is 18.3. The number of nitrogen functional groups attached to an aromatic ring is 1. The summed E-state index contributed by atoms with van der Waals surface area (Å²) in [6, 6.07) is 0.831. The van der Waals surface area contributed by atoms with Crippen LogP contribution in [-0.4, -0.2) is 45.8 Å². The molecule has 3 N–H and O–H groups in total. The van der Waals surface area contributed by atoms with Gasteiger partial charge in [0.2, 0.25) is 0 Å². The van der Waals surface area contributed by atoms with Crippen molar-refractivity contribution in [2.45, 2.75) is 71.4 Å². The molecule has 3 heterocycles. The standard InChI is InChI=1S/C20H34N6O2/c1-4-8-14(2)28-19-24-17(21)16-18(25-19)26(20(23-16)27-3)12-6-5-9-15-10-7-11-22-13-15/h14-15,22H,4-13H2,1-3H3,(H2,21,24,25). The van der Waals surface area contributed by atoms with Gasteiger partial charge in [-0.3, -0.25) is 4.57 Å². The van der Waals surface area contributed by atoms with Crippen LogP contribution in [0.25, 0.3) is 11.2 Å². The topological polar surface area (TPSA) is 100 Å². The summed E-state index contributed by atoms with van der Waals surface area (Å²) in [6.07, 6.45) is 8.13. The van der Waals surface area contributed by atoms with Gasteiger partial charge in [-0.25, -0.2) is 0 Å². The number of anilines is 1. The molecular formula is C20H34N6O2. The van der Waals surface area contributed by atoms with Crippen LogP contribution in [0.2, 0.25) is 0 Å². The lowest BCUT2D eigenvalue weighted by atomic mass is 9.94. The second-order valence-corrected chi connectivity index (χ2v) is 7.74. The van der Waals surface area contributed by atoms with Gasteiger partial charge in [0, 0.05) is 6.54 Å². The molecule has 28 heavy (non-hydrogen) atoms. The maximum Gasteiger partial charge on any atom is 0.320 e. The zero-order valence-corrected chi connectivity index (χ0v) is 17.4. The van der Waals surface area contributed by atoms with Crippen LogP contribution in [0.1, 0.15) is 58.8 Å². The number of piperidine rings is 1. The average molecular weight is 391 g/mol. The van der Waals surface area contributed by atoms with Crippen molar-refractivity contribution in [1.82, 2.24) is 24.8 Å². The fraction of sp³-hybridized carbons (Fsp3) is 0.750. The molecule has 3 rings (SSSR count). The van der Waals surface area contributed by atoms with Crippen LogP contribution in [-0.2, 0) is 6.54 Å². The second-order valence-electron chi connectivity index (χ2n) is 7.74. The molecule has 0 saturated carbocycles. The van der Waals surface area contributed by atoms with E-state index < -0.39 is 0 Å². The Bertz CT molecular complexity index is 757. The van der Waals surface area contributed by atoms with Crippen molar-refractivity contribution in [3.63, 3.8) is 0 Å². The highest BCUT2D eigenvalue weighted by molar-refractivity contribution is 5.83. The highest BCUT2D eigenvalue weighted by atomic mass is 16.5. The molecule has 156 valence electrons. The Hall–Kier alpha value is -2.09. The predicted octanol–water partition coefficient (Wildman–Crippen LogP) is 3.15. The van der Waals surface area contributed by atoms with Gasteiger partial charge in [0.1, 0.15) is 0 Å². The average Bonchev–Trinajstić information content (AvgIpc) is 3.04. The molecule has 2 atom stereocenters. The van der Waals surface area contributed by atoms with Gasteiger partial charge in [-0.15, -0.1) is 0 Å². The number of nitrogens with zero attached hydrogens (tertiary/aromatic N) is 4. The van der Waals surface area contributed by atoms with Gasteiger partial charge < -0.3 is 20.5 Å². The predicted molar refractivity (Wildman–Crippen MR) is 111 cm³/mol. The Balaban J connectivity index is 1.70. The van der Waals surface area contributed by atoms with E-state index in [0.29, 0.717) is 29.0 Å². The zero-order valence-electron chi connectivity index (χ0n) is 17.4. The summed E-state index contributed by atoms with van der Waals surface area (Å²) in [7, 11) is 1.62. The molecule has 2 aromatic heterocycles. The summed E-state index contributed by atoms with van der Waals surface area (Å²) in [5.74, 6) is 1.13. The Morgan fingerprint density at radius 1 is 1.29 bits per heavy atom. The molecule has 0 aliphatic carbocycles. The van der Waals surface area contributed by atoms with Crippen molar-refractivity contribution in [2.24, 2.45) is 5.92 Å². The summed E-state index contributed by atoms with van der Waals surface area (Å²) in [5.41, 5.74) is 7.38. The fourth-order valence-electron chi connectivity index (χ4n) is 3.91. The molecule has 8 nitrogen and oxygen atoms in total. The first-order valence-corrected chi connectivity index (χ1v) is 10.6. The van der Waals surface area contributed by atoms with Crippen LogP contribution in [0.3, 0.4) is 0 Å². The van der Waals surface area contributed by atoms with Crippen molar-refractivity contribution in [2.75, 3.05) is 25.9 Å². The Morgan fingerprint density at radius 3 is 2.86 bits per heavy atom. The van der Waals surface area contributed by atoms with E-state index in [1.54, 1.807) is 7.11 Å².